The first-order valence-electron chi connectivity index (χ1n) is 7.01. The average molecular weight is 324 g/mol. The summed E-state index contributed by atoms with van der Waals surface area (Å²) in [5.74, 6) is -0.574. The quantitative estimate of drug-likeness (QED) is 0.321. The zero-order chi connectivity index (χ0) is 16.9. The average Bonchev–Trinajstić information content (AvgIpc) is 2.46. The molecule has 7 atom stereocenters. The molecule has 1 aliphatic rings. The molecule has 0 aliphatic carbocycles. The van der Waals surface area contributed by atoms with Crippen LogP contribution in [-0.2, 0) is 19.0 Å². The van der Waals surface area contributed by atoms with Gasteiger partial charge in [0, 0.05) is 0 Å². The van der Waals surface area contributed by atoms with Gasteiger partial charge in [-0.25, -0.2) is 0 Å². The van der Waals surface area contributed by atoms with Crippen LogP contribution in [0.3, 0.4) is 0 Å². The number of carbonyl (C=O) groups excluding carboxylic acids is 1. The molecule has 0 spiro atoms. The molecule has 130 valence electrons. The lowest BCUT2D eigenvalue weighted by Gasteiger charge is -2.40. The van der Waals surface area contributed by atoms with Gasteiger partial charge in [-0.2, -0.15) is 0 Å². The summed E-state index contributed by atoms with van der Waals surface area (Å²) in [7, 11) is 1.20. The predicted molar refractivity (Wildman–Crippen MR) is 71.6 cm³/mol. The molecular formula is C13H24O9. The van der Waals surface area contributed by atoms with Gasteiger partial charge in [0.15, 0.2) is 6.29 Å². The van der Waals surface area contributed by atoms with Gasteiger partial charge in [0.2, 0.25) is 0 Å². The van der Waals surface area contributed by atoms with Crippen molar-refractivity contribution in [2.24, 2.45) is 0 Å². The first-order chi connectivity index (χ1) is 10.3. The lowest BCUT2D eigenvalue weighted by molar-refractivity contribution is -0.312. The van der Waals surface area contributed by atoms with E-state index in [1.165, 1.54) is 14.0 Å². The highest BCUT2D eigenvalue weighted by molar-refractivity contribution is 5.69. The molecule has 1 aliphatic heterocycles. The second-order valence-corrected chi connectivity index (χ2v) is 5.32. The van der Waals surface area contributed by atoms with Gasteiger partial charge in [0.25, 0.3) is 0 Å². The number of hydrogen-bond donors (Lipinski definition) is 5. The Balaban J connectivity index is 2.75. The first-order valence-corrected chi connectivity index (χ1v) is 7.01. The molecule has 0 radical (unpaired) electrons. The minimum atomic E-state index is -1.57. The van der Waals surface area contributed by atoms with Crippen molar-refractivity contribution in [1.29, 1.82) is 0 Å². The van der Waals surface area contributed by atoms with Gasteiger partial charge >= 0.3 is 5.97 Å². The Morgan fingerprint density at radius 1 is 1.23 bits per heavy atom. The highest BCUT2D eigenvalue weighted by atomic mass is 16.7. The van der Waals surface area contributed by atoms with Crippen LogP contribution < -0.4 is 0 Å². The van der Waals surface area contributed by atoms with Crippen molar-refractivity contribution >= 4 is 5.97 Å². The van der Waals surface area contributed by atoms with Crippen LogP contribution in [0.15, 0.2) is 0 Å². The van der Waals surface area contributed by atoms with Crippen LogP contribution >= 0.6 is 0 Å². The highest BCUT2D eigenvalue weighted by Crippen LogP contribution is 2.24. The summed E-state index contributed by atoms with van der Waals surface area (Å²) in [5, 5.41) is 47.8. The molecular weight excluding hydrogens is 300 g/mol. The minimum absolute atomic E-state index is 0.0735. The van der Waals surface area contributed by atoms with E-state index in [1.54, 1.807) is 0 Å². The molecule has 1 saturated heterocycles. The van der Waals surface area contributed by atoms with E-state index in [2.05, 4.69) is 4.74 Å². The summed E-state index contributed by atoms with van der Waals surface area (Å²) >= 11 is 0. The van der Waals surface area contributed by atoms with Crippen LogP contribution in [0.1, 0.15) is 19.8 Å². The van der Waals surface area contributed by atoms with E-state index in [-0.39, 0.29) is 12.8 Å². The van der Waals surface area contributed by atoms with Crippen molar-refractivity contribution in [1.82, 2.24) is 0 Å². The fraction of sp³-hybridized carbons (Fsp3) is 0.923. The molecule has 1 fully saturated rings. The van der Waals surface area contributed by atoms with E-state index in [0.717, 1.165) is 0 Å². The maximum atomic E-state index is 11.3. The number of rotatable bonds is 7. The van der Waals surface area contributed by atoms with Crippen LogP contribution in [0, 0.1) is 0 Å². The van der Waals surface area contributed by atoms with Crippen LogP contribution in [0.5, 0.6) is 0 Å². The summed E-state index contributed by atoms with van der Waals surface area (Å²) in [5.41, 5.74) is 0. The molecule has 1 rings (SSSR count). The third kappa shape index (κ3) is 5.13. The van der Waals surface area contributed by atoms with Gasteiger partial charge in [-0.15, -0.1) is 0 Å². The zero-order valence-corrected chi connectivity index (χ0v) is 12.5. The van der Waals surface area contributed by atoms with Gasteiger partial charge in [0.1, 0.15) is 24.4 Å². The lowest BCUT2D eigenvalue weighted by atomic mass is 9.99. The SMILES string of the molecule is COC(=O)CC(CC(C)O)OC1OC(CO)C(O)C(O)C1O. The number of hydrogen-bond acceptors (Lipinski definition) is 9. The minimum Gasteiger partial charge on any atom is -0.469 e. The Bertz CT molecular complexity index is 346. The van der Waals surface area contributed by atoms with E-state index >= 15 is 0 Å². The van der Waals surface area contributed by atoms with Crippen LogP contribution in [-0.4, -0.2) is 88.1 Å². The normalized spacial score (nSPS) is 35.0. The van der Waals surface area contributed by atoms with Gasteiger partial charge in [-0.3, -0.25) is 4.79 Å². The number of methoxy groups -OCH3 is 1. The zero-order valence-electron chi connectivity index (χ0n) is 12.5. The van der Waals surface area contributed by atoms with E-state index in [9.17, 15) is 25.2 Å². The number of carbonyl (C=O) groups is 1. The molecule has 0 aromatic heterocycles. The summed E-state index contributed by atoms with van der Waals surface area (Å²) in [6, 6.07) is 0. The molecule has 0 aromatic carbocycles. The number of esters is 1. The van der Waals surface area contributed by atoms with Gasteiger partial charge in [0.05, 0.1) is 32.3 Å². The van der Waals surface area contributed by atoms with Crippen molar-refractivity contribution in [2.45, 2.75) is 62.7 Å². The second kappa shape index (κ2) is 8.73. The molecule has 0 amide bonds. The van der Waals surface area contributed by atoms with Crippen molar-refractivity contribution < 1.29 is 44.5 Å². The fourth-order valence-electron chi connectivity index (χ4n) is 2.21. The Kier molecular flexibility index (Phi) is 7.63. The van der Waals surface area contributed by atoms with Crippen molar-refractivity contribution in [2.75, 3.05) is 13.7 Å². The van der Waals surface area contributed by atoms with E-state index in [0.29, 0.717) is 0 Å². The first kappa shape index (κ1) is 19.2. The van der Waals surface area contributed by atoms with Crippen molar-refractivity contribution in [3.05, 3.63) is 0 Å². The summed E-state index contributed by atoms with van der Waals surface area (Å²) in [6.45, 7) is 0.920. The van der Waals surface area contributed by atoms with Crippen molar-refractivity contribution in [3.8, 4) is 0 Å². The number of ether oxygens (including phenoxy) is 3. The summed E-state index contributed by atoms with van der Waals surface area (Å²) in [6.07, 6.45) is -8.80. The number of aliphatic hydroxyl groups is 5. The molecule has 9 heteroatoms. The largest absolute Gasteiger partial charge is 0.469 e. The molecule has 5 N–H and O–H groups in total. The maximum absolute atomic E-state index is 11.3. The van der Waals surface area contributed by atoms with Gasteiger partial charge < -0.3 is 39.7 Å². The van der Waals surface area contributed by atoms with E-state index < -0.39 is 55.5 Å². The van der Waals surface area contributed by atoms with E-state index in [1.807, 2.05) is 0 Å². The smallest absolute Gasteiger partial charge is 0.308 e. The standard InChI is InChI=1S/C13H24O9/c1-6(15)3-7(4-9(16)20-2)21-13-12(19)11(18)10(17)8(5-14)22-13/h6-8,10-15,17-19H,3-5H2,1-2H3. The Morgan fingerprint density at radius 3 is 2.36 bits per heavy atom. The van der Waals surface area contributed by atoms with E-state index in [4.69, 9.17) is 14.6 Å². The Labute approximate surface area is 128 Å². The van der Waals surface area contributed by atoms with Crippen LogP contribution in [0.25, 0.3) is 0 Å². The molecule has 9 nitrogen and oxygen atoms in total. The topological polar surface area (TPSA) is 146 Å². The summed E-state index contributed by atoms with van der Waals surface area (Å²) in [4.78, 5) is 11.3. The molecule has 1 heterocycles. The van der Waals surface area contributed by atoms with Crippen LogP contribution in [0.4, 0.5) is 0 Å². The van der Waals surface area contributed by atoms with Gasteiger partial charge in [-0.1, -0.05) is 0 Å². The predicted octanol–water partition coefficient (Wildman–Crippen LogP) is -2.49. The monoisotopic (exact) mass is 324 g/mol. The highest BCUT2D eigenvalue weighted by Gasteiger charge is 2.45. The lowest BCUT2D eigenvalue weighted by Crippen LogP contribution is -2.59. The maximum Gasteiger partial charge on any atom is 0.308 e. The molecule has 7 unspecified atom stereocenters. The summed E-state index contributed by atoms with van der Waals surface area (Å²) < 4.78 is 15.1. The fourth-order valence-corrected chi connectivity index (χ4v) is 2.21. The second-order valence-electron chi connectivity index (χ2n) is 5.32. The van der Waals surface area contributed by atoms with Gasteiger partial charge in [-0.05, 0) is 13.3 Å². The number of aliphatic hydroxyl groups excluding tert-OH is 5. The van der Waals surface area contributed by atoms with Crippen LogP contribution in [0.2, 0.25) is 0 Å². The van der Waals surface area contributed by atoms with Crippen molar-refractivity contribution in [3.63, 3.8) is 0 Å². The third-order valence-corrected chi connectivity index (χ3v) is 3.40. The molecule has 0 bridgehead atoms. The Hall–Kier alpha value is -0.810. The molecule has 22 heavy (non-hydrogen) atoms. The Morgan fingerprint density at radius 2 is 1.86 bits per heavy atom. The third-order valence-electron chi connectivity index (χ3n) is 3.40. The molecule has 0 aromatic rings. The molecule has 0 saturated carbocycles.